The van der Waals surface area contributed by atoms with Gasteiger partial charge in [0.15, 0.2) is 0 Å². The number of hydrogen-bond donors (Lipinski definition) is 2. The molecule has 0 saturated carbocycles. The average molecular weight is 298 g/mol. The molecule has 122 valence electrons. The maximum atomic E-state index is 12.0. The van der Waals surface area contributed by atoms with Gasteiger partial charge >= 0.3 is 6.09 Å². The number of amides is 1. The van der Waals surface area contributed by atoms with Crippen LogP contribution in [0.5, 0.6) is 0 Å². The molecule has 5 heteroatoms. The molecule has 0 aromatic rings. The molecular formula is C16H30N2O3. The van der Waals surface area contributed by atoms with Crippen LogP contribution in [0.25, 0.3) is 0 Å². The van der Waals surface area contributed by atoms with Crippen molar-refractivity contribution in [1.82, 2.24) is 10.2 Å². The molecule has 2 saturated heterocycles. The van der Waals surface area contributed by atoms with Gasteiger partial charge in [-0.1, -0.05) is 0 Å². The van der Waals surface area contributed by atoms with Crippen LogP contribution in [0.4, 0.5) is 4.79 Å². The number of nitrogens with zero attached hydrogens (tertiary/aromatic N) is 1. The van der Waals surface area contributed by atoms with Gasteiger partial charge in [-0.25, -0.2) is 4.79 Å². The molecule has 2 aliphatic heterocycles. The van der Waals surface area contributed by atoms with Gasteiger partial charge in [-0.2, -0.15) is 0 Å². The molecule has 2 N–H and O–H groups in total. The van der Waals surface area contributed by atoms with E-state index in [4.69, 9.17) is 4.74 Å². The summed E-state index contributed by atoms with van der Waals surface area (Å²) in [6.45, 7) is 8.99. The van der Waals surface area contributed by atoms with Crippen LogP contribution >= 0.6 is 0 Å². The smallest absolute Gasteiger partial charge is 0.410 e. The predicted octanol–water partition coefficient (Wildman–Crippen LogP) is 2.14. The highest BCUT2D eigenvalue weighted by Gasteiger charge is 2.34. The Morgan fingerprint density at radius 2 is 1.86 bits per heavy atom. The number of ether oxygens (including phenoxy) is 1. The number of likely N-dealkylation sites (tertiary alicyclic amines) is 1. The van der Waals surface area contributed by atoms with E-state index >= 15 is 0 Å². The lowest BCUT2D eigenvalue weighted by Crippen LogP contribution is -2.46. The van der Waals surface area contributed by atoms with Crippen molar-refractivity contribution in [2.24, 2.45) is 5.92 Å². The molecule has 1 amide bonds. The second-order valence-corrected chi connectivity index (χ2v) is 7.59. The summed E-state index contributed by atoms with van der Waals surface area (Å²) < 4.78 is 5.41. The summed E-state index contributed by atoms with van der Waals surface area (Å²) in [7, 11) is 0. The second kappa shape index (κ2) is 6.53. The predicted molar refractivity (Wildman–Crippen MR) is 82.2 cm³/mol. The summed E-state index contributed by atoms with van der Waals surface area (Å²) in [5.41, 5.74) is -0.928. The van der Waals surface area contributed by atoms with Crippen LogP contribution in [0.1, 0.15) is 52.9 Å². The van der Waals surface area contributed by atoms with E-state index in [2.05, 4.69) is 5.32 Å². The molecular weight excluding hydrogens is 268 g/mol. The maximum Gasteiger partial charge on any atom is 0.410 e. The molecule has 2 aliphatic rings. The fourth-order valence-corrected chi connectivity index (χ4v) is 3.28. The van der Waals surface area contributed by atoms with Gasteiger partial charge in [-0.3, -0.25) is 0 Å². The van der Waals surface area contributed by atoms with Crippen molar-refractivity contribution in [2.45, 2.75) is 64.1 Å². The van der Waals surface area contributed by atoms with Crippen LogP contribution in [0, 0.1) is 5.92 Å². The van der Waals surface area contributed by atoms with E-state index < -0.39 is 11.2 Å². The normalized spacial score (nSPS) is 23.9. The number of aliphatic hydroxyl groups is 1. The summed E-state index contributed by atoms with van der Waals surface area (Å²) >= 11 is 0. The van der Waals surface area contributed by atoms with Crippen molar-refractivity contribution < 1.29 is 14.6 Å². The van der Waals surface area contributed by atoms with E-state index in [-0.39, 0.29) is 6.09 Å². The fourth-order valence-electron chi connectivity index (χ4n) is 3.28. The first-order valence-electron chi connectivity index (χ1n) is 8.18. The molecule has 0 bridgehead atoms. The topological polar surface area (TPSA) is 61.8 Å². The summed E-state index contributed by atoms with van der Waals surface area (Å²) in [4.78, 5) is 13.8. The number of carbonyl (C=O) groups is 1. The zero-order valence-corrected chi connectivity index (χ0v) is 13.7. The van der Waals surface area contributed by atoms with Crippen LogP contribution in [0.2, 0.25) is 0 Å². The van der Waals surface area contributed by atoms with Crippen LogP contribution in [-0.4, -0.2) is 53.5 Å². The van der Waals surface area contributed by atoms with Gasteiger partial charge < -0.3 is 20.1 Å². The molecule has 0 spiro atoms. The summed E-state index contributed by atoms with van der Waals surface area (Å²) in [6, 6.07) is 0. The minimum atomic E-state index is -0.496. The quantitative estimate of drug-likeness (QED) is 0.820. The first-order chi connectivity index (χ1) is 9.77. The van der Waals surface area contributed by atoms with E-state index in [1.807, 2.05) is 20.8 Å². The van der Waals surface area contributed by atoms with E-state index in [1.165, 1.54) is 0 Å². The summed E-state index contributed by atoms with van der Waals surface area (Å²) in [6.07, 6.45) is 4.29. The summed E-state index contributed by atoms with van der Waals surface area (Å²) in [5, 5.41) is 13.9. The first kappa shape index (κ1) is 16.6. The number of rotatable bonds is 2. The zero-order valence-electron chi connectivity index (χ0n) is 13.7. The van der Waals surface area contributed by atoms with Crippen LogP contribution in [0.15, 0.2) is 0 Å². The molecule has 0 atom stereocenters. The van der Waals surface area contributed by atoms with Gasteiger partial charge in [0.1, 0.15) is 5.60 Å². The lowest BCUT2D eigenvalue weighted by atomic mass is 9.80. The number of piperidine rings is 2. The summed E-state index contributed by atoms with van der Waals surface area (Å²) in [5.74, 6) is 0.520. The fraction of sp³-hybridized carbons (Fsp3) is 0.938. The van der Waals surface area contributed by atoms with Crippen molar-refractivity contribution in [3.05, 3.63) is 0 Å². The second-order valence-electron chi connectivity index (χ2n) is 7.59. The van der Waals surface area contributed by atoms with E-state index in [0.717, 1.165) is 58.3 Å². The number of nitrogens with one attached hydrogen (secondary N) is 1. The number of carbonyl (C=O) groups excluding carboxylic acids is 1. The third kappa shape index (κ3) is 5.15. The monoisotopic (exact) mass is 298 g/mol. The lowest BCUT2D eigenvalue weighted by molar-refractivity contribution is -0.0225. The van der Waals surface area contributed by atoms with Gasteiger partial charge in [0, 0.05) is 13.1 Å². The molecule has 2 heterocycles. The van der Waals surface area contributed by atoms with Crippen molar-refractivity contribution in [1.29, 1.82) is 0 Å². The molecule has 0 aliphatic carbocycles. The Balaban J connectivity index is 1.76. The Morgan fingerprint density at radius 1 is 1.29 bits per heavy atom. The molecule has 5 nitrogen and oxygen atoms in total. The van der Waals surface area contributed by atoms with E-state index in [1.54, 1.807) is 4.90 Å². The van der Waals surface area contributed by atoms with Crippen LogP contribution in [-0.2, 0) is 4.74 Å². The van der Waals surface area contributed by atoms with Crippen molar-refractivity contribution in [3.63, 3.8) is 0 Å². The lowest BCUT2D eigenvalue weighted by Gasteiger charge is -2.39. The van der Waals surface area contributed by atoms with Crippen LogP contribution in [0.3, 0.4) is 0 Å². The van der Waals surface area contributed by atoms with Gasteiger partial charge in [0.2, 0.25) is 0 Å². The van der Waals surface area contributed by atoms with Crippen molar-refractivity contribution in [3.8, 4) is 0 Å². The van der Waals surface area contributed by atoms with Crippen molar-refractivity contribution in [2.75, 3.05) is 26.2 Å². The third-order valence-corrected chi connectivity index (χ3v) is 4.47. The Bertz CT molecular complexity index is 351. The Morgan fingerprint density at radius 3 is 2.38 bits per heavy atom. The van der Waals surface area contributed by atoms with Crippen molar-refractivity contribution >= 4 is 6.09 Å². The average Bonchev–Trinajstić information content (AvgIpc) is 2.38. The Hall–Kier alpha value is -0.810. The zero-order chi connectivity index (χ0) is 15.5. The van der Waals surface area contributed by atoms with Gasteiger partial charge in [-0.15, -0.1) is 0 Å². The maximum absolute atomic E-state index is 12.0. The SMILES string of the molecule is CC(C)(C)OC(=O)N1CCC(CC2(O)CCNCC2)CC1. The minimum absolute atomic E-state index is 0.207. The molecule has 0 radical (unpaired) electrons. The highest BCUT2D eigenvalue weighted by molar-refractivity contribution is 5.68. The Kier molecular flexibility index (Phi) is 5.15. The Labute approximate surface area is 128 Å². The van der Waals surface area contributed by atoms with Gasteiger partial charge in [-0.05, 0) is 71.9 Å². The minimum Gasteiger partial charge on any atom is -0.444 e. The van der Waals surface area contributed by atoms with E-state index in [9.17, 15) is 9.90 Å². The molecule has 0 aromatic heterocycles. The largest absolute Gasteiger partial charge is 0.444 e. The number of hydrogen-bond acceptors (Lipinski definition) is 4. The molecule has 0 aromatic carbocycles. The molecule has 2 fully saturated rings. The van der Waals surface area contributed by atoms with E-state index in [0.29, 0.717) is 5.92 Å². The van der Waals surface area contributed by atoms with Gasteiger partial charge in [0.05, 0.1) is 5.60 Å². The highest BCUT2D eigenvalue weighted by atomic mass is 16.6. The van der Waals surface area contributed by atoms with Gasteiger partial charge in [0.25, 0.3) is 0 Å². The van der Waals surface area contributed by atoms with Crippen LogP contribution < -0.4 is 5.32 Å². The molecule has 0 unspecified atom stereocenters. The third-order valence-electron chi connectivity index (χ3n) is 4.47. The highest BCUT2D eigenvalue weighted by Crippen LogP contribution is 2.32. The molecule has 2 rings (SSSR count). The molecule has 21 heavy (non-hydrogen) atoms. The first-order valence-corrected chi connectivity index (χ1v) is 8.18. The standard InChI is InChI=1S/C16H30N2O3/c1-15(2,3)21-14(19)18-10-4-13(5-11-18)12-16(20)6-8-17-9-7-16/h13,17,20H,4-12H2,1-3H3.